The van der Waals surface area contributed by atoms with Crippen LogP contribution < -0.4 is 14.7 Å². The van der Waals surface area contributed by atoms with Crippen LogP contribution in [0.15, 0.2) is 30.6 Å². The lowest BCUT2D eigenvalue weighted by Gasteiger charge is -2.38. The van der Waals surface area contributed by atoms with Crippen molar-refractivity contribution in [2.24, 2.45) is 0 Å². The molecule has 1 spiro atoms. The van der Waals surface area contributed by atoms with E-state index < -0.39 is 10.7 Å². The van der Waals surface area contributed by atoms with E-state index in [-0.39, 0.29) is 11.5 Å². The van der Waals surface area contributed by atoms with Crippen molar-refractivity contribution in [1.82, 2.24) is 9.97 Å². The average molecular weight is 444 g/mol. The van der Waals surface area contributed by atoms with E-state index >= 15 is 0 Å². The van der Waals surface area contributed by atoms with E-state index in [0.717, 1.165) is 0 Å². The zero-order valence-corrected chi connectivity index (χ0v) is 17.7. The van der Waals surface area contributed by atoms with E-state index in [1.807, 2.05) is 14.7 Å². The van der Waals surface area contributed by atoms with Crippen LogP contribution in [0.3, 0.4) is 0 Å². The lowest BCUT2D eigenvalue weighted by atomic mass is 10.0. The second kappa shape index (κ2) is 8.47. The summed E-state index contributed by atoms with van der Waals surface area (Å²) in [6.45, 7) is 4.34. The first-order valence-corrected chi connectivity index (χ1v) is 10.8. The van der Waals surface area contributed by atoms with Gasteiger partial charge in [0.05, 0.1) is 23.8 Å². The van der Waals surface area contributed by atoms with Gasteiger partial charge in [-0.05, 0) is 12.1 Å². The number of benzene rings is 1. The van der Waals surface area contributed by atoms with Crippen molar-refractivity contribution in [2.45, 2.75) is 18.6 Å². The van der Waals surface area contributed by atoms with E-state index in [4.69, 9.17) is 9.47 Å². The van der Waals surface area contributed by atoms with E-state index in [2.05, 4.69) is 9.97 Å². The van der Waals surface area contributed by atoms with Gasteiger partial charge >= 0.3 is 5.69 Å². The molecule has 10 nitrogen and oxygen atoms in total. The maximum atomic E-state index is 14.1. The van der Waals surface area contributed by atoms with Crippen LogP contribution in [0.25, 0.3) is 0 Å². The number of rotatable bonds is 4. The number of halogens is 1. The first kappa shape index (κ1) is 20.8. The van der Waals surface area contributed by atoms with Crippen LogP contribution in [-0.4, -0.2) is 73.2 Å². The summed E-state index contributed by atoms with van der Waals surface area (Å²) in [7, 11) is 0. The smallest absolute Gasteiger partial charge is 0.353 e. The van der Waals surface area contributed by atoms with Crippen LogP contribution >= 0.6 is 0 Å². The molecule has 11 heteroatoms. The number of anilines is 3. The highest BCUT2D eigenvalue weighted by molar-refractivity contribution is 5.71. The highest BCUT2D eigenvalue weighted by Crippen LogP contribution is 2.39. The second-order valence-corrected chi connectivity index (χ2v) is 8.15. The van der Waals surface area contributed by atoms with Crippen LogP contribution in [0.4, 0.5) is 27.4 Å². The topological polar surface area (TPSA) is 97.1 Å². The molecule has 5 rings (SSSR count). The number of piperazine rings is 1. The number of para-hydroxylation sites is 1. The van der Waals surface area contributed by atoms with Gasteiger partial charge in [0.1, 0.15) is 12.1 Å². The zero-order chi connectivity index (χ0) is 22.1. The fourth-order valence-corrected chi connectivity index (χ4v) is 4.70. The fourth-order valence-electron chi connectivity index (χ4n) is 4.70. The third kappa shape index (κ3) is 3.82. The Hall–Kier alpha value is -3.05. The molecule has 0 atom stereocenters. The molecule has 3 saturated heterocycles. The van der Waals surface area contributed by atoms with Crippen molar-refractivity contribution in [3.8, 4) is 0 Å². The Morgan fingerprint density at radius 1 is 0.906 bits per heavy atom. The molecule has 3 fully saturated rings. The summed E-state index contributed by atoms with van der Waals surface area (Å²) in [5.41, 5.74) is 0.458. The van der Waals surface area contributed by atoms with Gasteiger partial charge in [-0.25, -0.2) is 14.4 Å². The number of piperidine rings is 1. The quantitative estimate of drug-likeness (QED) is 0.519. The molecule has 0 saturated carbocycles. The summed E-state index contributed by atoms with van der Waals surface area (Å²) >= 11 is 0. The Balaban J connectivity index is 1.34. The molecule has 0 amide bonds. The molecule has 0 radical (unpaired) electrons. The Morgan fingerprint density at radius 3 is 2.06 bits per heavy atom. The minimum atomic E-state index is -0.565. The molecule has 32 heavy (non-hydrogen) atoms. The van der Waals surface area contributed by atoms with Crippen LogP contribution in [0.2, 0.25) is 0 Å². The molecule has 0 unspecified atom stereocenters. The normalized spacial score (nSPS) is 20.7. The maximum absolute atomic E-state index is 14.1. The van der Waals surface area contributed by atoms with Crippen molar-refractivity contribution in [1.29, 1.82) is 0 Å². The number of nitro groups is 1. The van der Waals surface area contributed by atoms with Crippen molar-refractivity contribution >= 4 is 23.0 Å². The molecule has 0 N–H and O–H groups in total. The van der Waals surface area contributed by atoms with Crippen LogP contribution in [-0.2, 0) is 9.47 Å². The molecule has 0 bridgehead atoms. The van der Waals surface area contributed by atoms with Gasteiger partial charge in [0.2, 0.25) is 11.6 Å². The standard InChI is InChI=1S/C21H25FN6O4/c22-16-3-1-2-4-17(16)25-9-11-27(12-10-25)20-18(28(29)30)19(23-15-24-20)26-7-5-21(6-8-26)31-13-14-32-21/h1-4,15H,5-14H2. The van der Waals surface area contributed by atoms with Gasteiger partial charge in [0.15, 0.2) is 5.79 Å². The van der Waals surface area contributed by atoms with Crippen LogP contribution in [0.1, 0.15) is 12.8 Å². The summed E-state index contributed by atoms with van der Waals surface area (Å²) in [5, 5.41) is 12.1. The number of hydrogen-bond donors (Lipinski definition) is 0. The predicted octanol–water partition coefficient (Wildman–Crippen LogP) is 2.19. The van der Waals surface area contributed by atoms with Gasteiger partial charge < -0.3 is 24.2 Å². The summed E-state index contributed by atoms with van der Waals surface area (Å²) in [6.07, 6.45) is 2.64. The molecule has 1 aromatic carbocycles. The number of nitrogens with zero attached hydrogens (tertiary/aromatic N) is 6. The summed E-state index contributed by atoms with van der Waals surface area (Å²) in [5.74, 6) is -0.204. The van der Waals surface area contributed by atoms with Crippen molar-refractivity contribution < 1.29 is 18.8 Å². The highest BCUT2D eigenvalue weighted by Gasteiger charge is 2.42. The summed E-state index contributed by atoms with van der Waals surface area (Å²) in [4.78, 5) is 26.0. The molecule has 3 aliphatic heterocycles. The van der Waals surface area contributed by atoms with Crippen molar-refractivity contribution in [2.75, 3.05) is 67.2 Å². The third-order valence-corrected chi connectivity index (χ3v) is 6.38. The Morgan fingerprint density at radius 2 is 1.47 bits per heavy atom. The molecule has 0 aliphatic carbocycles. The minimum absolute atomic E-state index is 0.0870. The van der Waals surface area contributed by atoms with E-state index in [1.54, 1.807) is 18.2 Å². The van der Waals surface area contributed by atoms with E-state index in [0.29, 0.717) is 82.6 Å². The molecular formula is C21H25FN6O4. The molecule has 2 aromatic rings. The molecule has 1 aromatic heterocycles. The number of hydrogen-bond acceptors (Lipinski definition) is 9. The maximum Gasteiger partial charge on any atom is 0.353 e. The first-order chi connectivity index (χ1) is 15.6. The van der Waals surface area contributed by atoms with Crippen molar-refractivity contribution in [3.63, 3.8) is 0 Å². The van der Waals surface area contributed by atoms with Gasteiger partial charge in [-0.1, -0.05) is 12.1 Å². The summed E-state index contributed by atoms with van der Waals surface area (Å²) in [6, 6.07) is 6.65. The van der Waals surface area contributed by atoms with Gasteiger partial charge in [0.25, 0.3) is 0 Å². The predicted molar refractivity (Wildman–Crippen MR) is 116 cm³/mol. The largest absolute Gasteiger partial charge is 0.366 e. The van der Waals surface area contributed by atoms with E-state index in [1.165, 1.54) is 12.4 Å². The summed E-state index contributed by atoms with van der Waals surface area (Å²) < 4.78 is 25.7. The molecule has 3 aliphatic rings. The van der Waals surface area contributed by atoms with Gasteiger partial charge in [-0.2, -0.15) is 0 Å². The number of aromatic nitrogens is 2. The van der Waals surface area contributed by atoms with Gasteiger partial charge in [0, 0.05) is 52.1 Å². The second-order valence-electron chi connectivity index (χ2n) is 8.15. The van der Waals surface area contributed by atoms with Gasteiger partial charge in [-0.3, -0.25) is 10.1 Å². The lowest BCUT2D eigenvalue weighted by Crippen LogP contribution is -2.48. The monoisotopic (exact) mass is 444 g/mol. The fraction of sp³-hybridized carbons (Fsp3) is 0.524. The Kier molecular flexibility index (Phi) is 5.51. The Bertz CT molecular complexity index is 984. The molecular weight excluding hydrogens is 419 g/mol. The third-order valence-electron chi connectivity index (χ3n) is 6.38. The SMILES string of the molecule is O=[N+]([O-])c1c(N2CCN(c3ccccc3F)CC2)ncnc1N1CCC2(CC1)OCCO2. The highest BCUT2D eigenvalue weighted by atomic mass is 19.1. The van der Waals surface area contributed by atoms with E-state index in [9.17, 15) is 14.5 Å². The molecule has 170 valence electrons. The first-order valence-electron chi connectivity index (χ1n) is 10.8. The molecule has 4 heterocycles. The van der Waals surface area contributed by atoms with Crippen LogP contribution in [0.5, 0.6) is 0 Å². The van der Waals surface area contributed by atoms with Crippen LogP contribution in [0, 0.1) is 15.9 Å². The minimum Gasteiger partial charge on any atom is -0.366 e. The Labute approximate surface area is 184 Å². The van der Waals surface area contributed by atoms with Gasteiger partial charge in [-0.15, -0.1) is 0 Å². The zero-order valence-electron chi connectivity index (χ0n) is 17.7. The van der Waals surface area contributed by atoms with Crippen molar-refractivity contribution in [3.05, 3.63) is 46.5 Å². The average Bonchev–Trinajstić information content (AvgIpc) is 3.27. The lowest BCUT2D eigenvalue weighted by molar-refractivity contribution is -0.383. The number of ether oxygens (including phenoxy) is 2.